The van der Waals surface area contributed by atoms with E-state index in [0.717, 1.165) is 5.56 Å². The number of anilines is 1. The highest BCUT2D eigenvalue weighted by molar-refractivity contribution is 7.92. The van der Waals surface area contributed by atoms with Crippen molar-refractivity contribution >= 4 is 33.2 Å². The van der Waals surface area contributed by atoms with Crippen molar-refractivity contribution in [3.05, 3.63) is 95.0 Å². The number of para-hydroxylation sites is 1. The van der Waals surface area contributed by atoms with Crippen LogP contribution in [-0.4, -0.2) is 45.9 Å². The number of likely N-dealkylation sites (N-methyl/N-ethyl adjacent to an activating group) is 1. The highest BCUT2D eigenvalue weighted by Gasteiger charge is 2.20. The minimum Gasteiger partial charge on any atom is -0.348 e. The van der Waals surface area contributed by atoms with Gasteiger partial charge in [-0.3, -0.25) is 9.52 Å². The van der Waals surface area contributed by atoms with Crippen LogP contribution in [0.3, 0.4) is 0 Å². The molecule has 0 spiro atoms. The molecule has 0 bridgehead atoms. The van der Waals surface area contributed by atoms with E-state index in [2.05, 4.69) is 10.0 Å². The van der Waals surface area contributed by atoms with Gasteiger partial charge in [-0.15, -0.1) is 0 Å². The molecule has 0 aliphatic carbocycles. The first-order chi connectivity index (χ1) is 15.2. The third kappa shape index (κ3) is 6.56. The molecular formula is C24H26ClN3O3S. The molecule has 0 saturated carbocycles. The van der Waals surface area contributed by atoms with Gasteiger partial charge in [0.25, 0.3) is 15.9 Å². The van der Waals surface area contributed by atoms with Gasteiger partial charge in [-0.25, -0.2) is 8.42 Å². The van der Waals surface area contributed by atoms with E-state index in [4.69, 9.17) is 11.6 Å². The van der Waals surface area contributed by atoms with Crippen LogP contribution in [0.15, 0.2) is 83.8 Å². The number of rotatable bonds is 9. The third-order valence-corrected chi connectivity index (χ3v) is 6.46. The van der Waals surface area contributed by atoms with Gasteiger partial charge >= 0.3 is 0 Å². The zero-order valence-corrected chi connectivity index (χ0v) is 19.5. The maximum absolute atomic E-state index is 13.0. The van der Waals surface area contributed by atoms with E-state index in [0.29, 0.717) is 13.0 Å². The molecule has 0 aromatic heterocycles. The second kappa shape index (κ2) is 10.6. The second-order valence-electron chi connectivity index (χ2n) is 7.74. The van der Waals surface area contributed by atoms with E-state index in [-0.39, 0.29) is 33.1 Å². The molecule has 3 aromatic rings. The van der Waals surface area contributed by atoms with Crippen LogP contribution in [-0.2, 0) is 16.4 Å². The summed E-state index contributed by atoms with van der Waals surface area (Å²) in [5, 5.41) is 3.32. The Bertz CT molecular complexity index is 1170. The number of hydrogen-bond acceptors (Lipinski definition) is 4. The number of carbonyl (C=O) groups excluding carboxylic acids is 1. The van der Waals surface area contributed by atoms with Gasteiger partial charge in [0.05, 0.1) is 15.6 Å². The fourth-order valence-electron chi connectivity index (χ4n) is 3.32. The van der Waals surface area contributed by atoms with Crippen molar-refractivity contribution in [3.8, 4) is 0 Å². The molecule has 3 aromatic carbocycles. The molecule has 3 rings (SSSR count). The first-order valence-electron chi connectivity index (χ1n) is 10.1. The van der Waals surface area contributed by atoms with E-state index in [9.17, 15) is 13.2 Å². The van der Waals surface area contributed by atoms with E-state index >= 15 is 0 Å². The van der Waals surface area contributed by atoms with Gasteiger partial charge in [0.2, 0.25) is 0 Å². The first-order valence-corrected chi connectivity index (χ1v) is 12.0. The average molecular weight is 472 g/mol. The molecule has 0 fully saturated rings. The molecular weight excluding hydrogens is 446 g/mol. The van der Waals surface area contributed by atoms with Gasteiger partial charge in [-0.1, -0.05) is 60.1 Å². The molecule has 8 heteroatoms. The smallest absolute Gasteiger partial charge is 0.261 e. The largest absolute Gasteiger partial charge is 0.348 e. The van der Waals surface area contributed by atoms with Crippen LogP contribution < -0.4 is 10.0 Å². The topological polar surface area (TPSA) is 78.5 Å². The van der Waals surface area contributed by atoms with Gasteiger partial charge in [0.1, 0.15) is 0 Å². The summed E-state index contributed by atoms with van der Waals surface area (Å²) in [6.07, 6.45) is 0.664. The molecule has 0 radical (unpaired) electrons. The molecule has 0 saturated heterocycles. The fourth-order valence-corrected chi connectivity index (χ4v) is 4.69. The van der Waals surface area contributed by atoms with Crippen molar-refractivity contribution in [2.45, 2.75) is 17.4 Å². The lowest BCUT2D eigenvalue weighted by atomic mass is 10.0. The van der Waals surface area contributed by atoms with Crippen LogP contribution in [0.1, 0.15) is 15.9 Å². The second-order valence-corrected chi connectivity index (χ2v) is 9.83. The number of hydrogen-bond donors (Lipinski definition) is 2. The average Bonchev–Trinajstić information content (AvgIpc) is 2.75. The fraction of sp³-hybridized carbons (Fsp3) is 0.208. The van der Waals surface area contributed by atoms with Crippen LogP contribution in [0.25, 0.3) is 0 Å². The lowest BCUT2D eigenvalue weighted by molar-refractivity contribution is 0.0930. The molecule has 32 heavy (non-hydrogen) atoms. The SMILES string of the molecule is CN(C)CC(Cc1ccccc1)NC(=O)c1cccc(S(=O)(=O)Nc2ccccc2Cl)c1. The predicted octanol–water partition coefficient (Wildman–Crippen LogP) is 4.04. The van der Waals surface area contributed by atoms with Gasteiger partial charge in [0.15, 0.2) is 0 Å². The Labute approximate surface area is 194 Å². The number of amides is 1. The zero-order valence-electron chi connectivity index (χ0n) is 18.0. The molecule has 1 unspecified atom stereocenters. The van der Waals surface area contributed by atoms with E-state index in [1.165, 1.54) is 12.1 Å². The van der Waals surface area contributed by atoms with Crippen molar-refractivity contribution in [3.63, 3.8) is 0 Å². The van der Waals surface area contributed by atoms with Crippen LogP contribution in [0.4, 0.5) is 5.69 Å². The summed E-state index contributed by atoms with van der Waals surface area (Å²) in [5.74, 6) is -0.331. The number of nitrogens with zero attached hydrogens (tertiary/aromatic N) is 1. The molecule has 0 heterocycles. The summed E-state index contributed by atoms with van der Waals surface area (Å²) < 4.78 is 28.1. The number of halogens is 1. The molecule has 0 aliphatic rings. The third-order valence-electron chi connectivity index (χ3n) is 4.77. The number of benzene rings is 3. The van der Waals surface area contributed by atoms with Crippen LogP contribution in [0.5, 0.6) is 0 Å². The summed E-state index contributed by atoms with van der Waals surface area (Å²) in [6, 6.07) is 22.3. The normalized spacial score (nSPS) is 12.4. The van der Waals surface area contributed by atoms with Crippen molar-refractivity contribution in [2.24, 2.45) is 0 Å². The highest BCUT2D eigenvalue weighted by atomic mass is 35.5. The van der Waals surface area contributed by atoms with Crippen molar-refractivity contribution in [1.82, 2.24) is 10.2 Å². The first kappa shape index (κ1) is 23.8. The monoisotopic (exact) mass is 471 g/mol. The Morgan fingerprint density at radius 3 is 2.34 bits per heavy atom. The number of carbonyl (C=O) groups is 1. The quantitative estimate of drug-likeness (QED) is 0.493. The zero-order chi connectivity index (χ0) is 23.1. The van der Waals surface area contributed by atoms with Crippen LogP contribution in [0.2, 0.25) is 5.02 Å². The molecule has 168 valence electrons. The summed E-state index contributed by atoms with van der Waals surface area (Å²) >= 11 is 6.07. The summed E-state index contributed by atoms with van der Waals surface area (Å²) in [5.41, 5.74) is 1.65. The van der Waals surface area contributed by atoms with Gasteiger partial charge in [-0.05, 0) is 56.4 Å². The number of nitrogens with one attached hydrogen (secondary N) is 2. The van der Waals surface area contributed by atoms with E-state index in [1.54, 1.807) is 36.4 Å². The van der Waals surface area contributed by atoms with Gasteiger partial charge < -0.3 is 10.2 Å². The Morgan fingerprint density at radius 1 is 0.969 bits per heavy atom. The Morgan fingerprint density at radius 2 is 1.66 bits per heavy atom. The lowest BCUT2D eigenvalue weighted by Gasteiger charge is -2.23. The standard InChI is InChI=1S/C24H26ClN3O3S/c1-28(2)17-20(15-18-9-4-3-5-10-18)26-24(29)19-11-8-12-21(16-19)32(30,31)27-23-14-7-6-13-22(23)25/h3-14,16,20,27H,15,17H2,1-2H3,(H,26,29). The molecule has 6 nitrogen and oxygen atoms in total. The maximum Gasteiger partial charge on any atom is 0.261 e. The van der Waals surface area contributed by atoms with Crippen LogP contribution >= 0.6 is 11.6 Å². The molecule has 0 aliphatic heterocycles. The Balaban J connectivity index is 1.78. The van der Waals surface area contributed by atoms with Gasteiger partial charge in [0, 0.05) is 18.2 Å². The highest BCUT2D eigenvalue weighted by Crippen LogP contribution is 2.24. The minimum absolute atomic E-state index is 0.0164. The maximum atomic E-state index is 13.0. The number of sulfonamides is 1. The Kier molecular flexibility index (Phi) is 7.90. The van der Waals surface area contributed by atoms with Crippen molar-refractivity contribution in [1.29, 1.82) is 0 Å². The summed E-state index contributed by atoms with van der Waals surface area (Å²) in [7, 11) is -0.0262. The molecule has 2 N–H and O–H groups in total. The van der Waals surface area contributed by atoms with Crippen molar-refractivity contribution in [2.75, 3.05) is 25.4 Å². The minimum atomic E-state index is -3.91. The van der Waals surface area contributed by atoms with Gasteiger partial charge in [-0.2, -0.15) is 0 Å². The Hall–Kier alpha value is -2.87. The van der Waals surface area contributed by atoms with Crippen molar-refractivity contribution < 1.29 is 13.2 Å². The van der Waals surface area contributed by atoms with Crippen LogP contribution in [0, 0.1) is 0 Å². The predicted molar refractivity (Wildman–Crippen MR) is 129 cm³/mol. The van der Waals surface area contributed by atoms with E-state index in [1.807, 2.05) is 49.3 Å². The van der Waals surface area contributed by atoms with E-state index < -0.39 is 10.0 Å². The lowest BCUT2D eigenvalue weighted by Crippen LogP contribution is -2.43. The molecule has 1 atom stereocenters. The molecule has 1 amide bonds. The summed E-state index contributed by atoms with van der Waals surface area (Å²) in [4.78, 5) is 14.9. The summed E-state index contributed by atoms with van der Waals surface area (Å²) in [6.45, 7) is 0.646.